The molecule has 126 valence electrons. The first-order chi connectivity index (χ1) is 12.1. The van der Waals surface area contributed by atoms with Crippen LogP contribution in [0.5, 0.6) is 0 Å². The maximum atomic E-state index is 12.3. The second-order valence-corrected chi connectivity index (χ2v) is 7.35. The van der Waals surface area contributed by atoms with Crippen molar-refractivity contribution in [3.05, 3.63) is 60.0 Å². The number of benzene rings is 2. The van der Waals surface area contributed by atoms with Crippen molar-refractivity contribution in [2.75, 3.05) is 18.5 Å². The van der Waals surface area contributed by atoms with E-state index in [2.05, 4.69) is 17.4 Å². The minimum atomic E-state index is -0.420. The van der Waals surface area contributed by atoms with Gasteiger partial charge in [-0.05, 0) is 19.1 Å². The predicted octanol–water partition coefficient (Wildman–Crippen LogP) is 4.45. The van der Waals surface area contributed by atoms with Gasteiger partial charge >= 0.3 is 0 Å². The summed E-state index contributed by atoms with van der Waals surface area (Å²) >= 11 is 1.62. The lowest BCUT2D eigenvalue weighted by molar-refractivity contribution is -0.151. The van der Waals surface area contributed by atoms with E-state index in [-0.39, 0.29) is 5.91 Å². The molecule has 0 atom stereocenters. The highest BCUT2D eigenvalue weighted by molar-refractivity contribution is 7.13. The van der Waals surface area contributed by atoms with E-state index in [1.54, 1.807) is 11.3 Å². The minimum absolute atomic E-state index is 0.000785. The second-order valence-electron chi connectivity index (χ2n) is 6.49. The van der Waals surface area contributed by atoms with Crippen LogP contribution >= 0.6 is 11.3 Å². The molecule has 1 N–H and O–H groups in total. The van der Waals surface area contributed by atoms with Gasteiger partial charge in [0.1, 0.15) is 5.01 Å². The molecule has 1 saturated heterocycles. The van der Waals surface area contributed by atoms with E-state index in [9.17, 15) is 4.79 Å². The summed E-state index contributed by atoms with van der Waals surface area (Å²) in [4.78, 5) is 17.1. The zero-order valence-electron chi connectivity index (χ0n) is 13.9. The molecule has 0 spiro atoms. The van der Waals surface area contributed by atoms with Gasteiger partial charge < -0.3 is 10.1 Å². The number of carbonyl (C=O) groups is 1. The third-order valence-corrected chi connectivity index (χ3v) is 5.22. The maximum Gasteiger partial charge on any atom is 0.234 e. The molecule has 4 nitrogen and oxygen atoms in total. The van der Waals surface area contributed by atoms with Crippen LogP contribution in [-0.2, 0) is 9.53 Å². The van der Waals surface area contributed by atoms with Crippen LogP contribution in [0.2, 0.25) is 0 Å². The fourth-order valence-electron chi connectivity index (χ4n) is 2.70. The van der Waals surface area contributed by atoms with Crippen LogP contribution in [0.15, 0.2) is 60.0 Å². The number of amides is 1. The van der Waals surface area contributed by atoms with Crippen LogP contribution in [0.4, 0.5) is 5.69 Å². The van der Waals surface area contributed by atoms with Crippen LogP contribution in [0.1, 0.15) is 6.92 Å². The van der Waals surface area contributed by atoms with Gasteiger partial charge in [0.2, 0.25) is 5.91 Å². The fourth-order valence-corrected chi connectivity index (χ4v) is 3.53. The molecular formula is C20H18N2O2S. The minimum Gasteiger partial charge on any atom is -0.379 e. The Labute approximate surface area is 150 Å². The number of ether oxygens (including phenoxy) is 1. The smallest absolute Gasteiger partial charge is 0.234 e. The number of anilines is 1. The van der Waals surface area contributed by atoms with E-state index in [1.165, 1.54) is 0 Å². The van der Waals surface area contributed by atoms with Gasteiger partial charge in [-0.1, -0.05) is 42.5 Å². The number of carbonyl (C=O) groups excluding carboxylic acids is 1. The first-order valence-corrected chi connectivity index (χ1v) is 9.03. The van der Waals surface area contributed by atoms with Gasteiger partial charge in [-0.2, -0.15) is 0 Å². The standard InChI is InChI=1S/C20H18N2O2S/c1-20(12-24-13-20)19(23)21-16-9-5-8-15(10-16)17-11-25-18(22-17)14-6-3-2-4-7-14/h2-11H,12-13H2,1H3,(H,21,23). The number of nitrogens with zero attached hydrogens (tertiary/aromatic N) is 1. The Hall–Kier alpha value is -2.50. The number of thiazole rings is 1. The third kappa shape index (κ3) is 3.21. The normalized spacial score (nSPS) is 15.4. The van der Waals surface area contributed by atoms with Gasteiger partial charge in [0.15, 0.2) is 0 Å². The number of hydrogen-bond acceptors (Lipinski definition) is 4. The number of aromatic nitrogens is 1. The molecule has 0 unspecified atom stereocenters. The monoisotopic (exact) mass is 350 g/mol. The molecule has 5 heteroatoms. The molecule has 1 aliphatic heterocycles. The van der Waals surface area contributed by atoms with Crippen molar-refractivity contribution in [2.45, 2.75) is 6.92 Å². The lowest BCUT2D eigenvalue weighted by atomic mass is 9.87. The number of rotatable bonds is 4. The number of hydrogen-bond donors (Lipinski definition) is 1. The van der Waals surface area contributed by atoms with E-state index >= 15 is 0 Å². The molecule has 3 aromatic rings. The van der Waals surface area contributed by atoms with E-state index in [0.717, 1.165) is 27.5 Å². The second kappa shape index (κ2) is 6.43. The van der Waals surface area contributed by atoms with Gasteiger partial charge in [0, 0.05) is 22.2 Å². The molecule has 0 aliphatic carbocycles. The topological polar surface area (TPSA) is 51.2 Å². The largest absolute Gasteiger partial charge is 0.379 e. The first kappa shape index (κ1) is 16.0. The molecular weight excluding hydrogens is 332 g/mol. The first-order valence-electron chi connectivity index (χ1n) is 8.15. The van der Waals surface area contributed by atoms with Gasteiger partial charge in [-0.25, -0.2) is 4.98 Å². The highest BCUT2D eigenvalue weighted by Crippen LogP contribution is 2.31. The van der Waals surface area contributed by atoms with Gasteiger partial charge in [0.25, 0.3) is 0 Å². The molecule has 1 aliphatic rings. The Bertz CT molecular complexity index is 901. The van der Waals surface area contributed by atoms with Gasteiger partial charge in [-0.15, -0.1) is 11.3 Å². The summed E-state index contributed by atoms with van der Waals surface area (Å²) in [5, 5.41) is 6.03. The van der Waals surface area contributed by atoms with E-state index in [4.69, 9.17) is 9.72 Å². The van der Waals surface area contributed by atoms with Crippen molar-refractivity contribution in [3.63, 3.8) is 0 Å². The Morgan fingerprint density at radius 1 is 1.12 bits per heavy atom. The summed E-state index contributed by atoms with van der Waals surface area (Å²) in [5.74, 6) is -0.000785. The quantitative estimate of drug-likeness (QED) is 0.756. The average Bonchev–Trinajstić information content (AvgIpc) is 3.11. The summed E-state index contributed by atoms with van der Waals surface area (Å²) in [7, 11) is 0. The molecule has 0 bridgehead atoms. The third-order valence-electron chi connectivity index (χ3n) is 4.33. The van der Waals surface area contributed by atoms with Crippen LogP contribution in [-0.4, -0.2) is 24.1 Å². The molecule has 0 saturated carbocycles. The summed E-state index contributed by atoms with van der Waals surface area (Å²) in [6, 6.07) is 17.9. The fraction of sp³-hybridized carbons (Fsp3) is 0.200. The van der Waals surface area contributed by atoms with Crippen molar-refractivity contribution in [1.82, 2.24) is 4.98 Å². The average molecular weight is 350 g/mol. The van der Waals surface area contributed by atoms with Crippen LogP contribution in [0.3, 0.4) is 0 Å². The Kier molecular flexibility index (Phi) is 4.11. The molecule has 0 radical (unpaired) electrons. The molecule has 25 heavy (non-hydrogen) atoms. The number of nitrogens with one attached hydrogen (secondary N) is 1. The maximum absolute atomic E-state index is 12.3. The highest BCUT2D eigenvalue weighted by Gasteiger charge is 2.41. The SMILES string of the molecule is CC1(C(=O)Nc2cccc(-c3csc(-c4ccccc4)n3)c2)COC1. The van der Waals surface area contributed by atoms with Crippen LogP contribution < -0.4 is 5.32 Å². The van der Waals surface area contributed by atoms with E-state index in [1.807, 2.05) is 54.8 Å². The lowest BCUT2D eigenvalue weighted by Crippen LogP contribution is -2.49. The van der Waals surface area contributed by atoms with Crippen molar-refractivity contribution in [2.24, 2.45) is 5.41 Å². The zero-order chi connectivity index (χ0) is 17.3. The Morgan fingerprint density at radius 2 is 1.88 bits per heavy atom. The highest BCUT2D eigenvalue weighted by atomic mass is 32.1. The lowest BCUT2D eigenvalue weighted by Gasteiger charge is -2.36. The summed E-state index contributed by atoms with van der Waals surface area (Å²) in [6.45, 7) is 2.87. The van der Waals surface area contributed by atoms with Crippen molar-refractivity contribution in [3.8, 4) is 21.8 Å². The van der Waals surface area contributed by atoms with Gasteiger partial charge in [0.05, 0.1) is 24.3 Å². The summed E-state index contributed by atoms with van der Waals surface area (Å²) in [5.41, 5.74) is 3.38. The van der Waals surface area contributed by atoms with Crippen molar-refractivity contribution >= 4 is 22.9 Å². The molecule has 1 fully saturated rings. The predicted molar refractivity (Wildman–Crippen MR) is 101 cm³/mol. The molecule has 1 amide bonds. The van der Waals surface area contributed by atoms with E-state index in [0.29, 0.717) is 13.2 Å². The summed E-state index contributed by atoms with van der Waals surface area (Å²) < 4.78 is 5.17. The Balaban J connectivity index is 1.56. The van der Waals surface area contributed by atoms with Crippen LogP contribution in [0, 0.1) is 5.41 Å². The zero-order valence-corrected chi connectivity index (χ0v) is 14.7. The van der Waals surface area contributed by atoms with Crippen LogP contribution in [0.25, 0.3) is 21.8 Å². The molecule has 2 heterocycles. The molecule has 4 rings (SSSR count). The van der Waals surface area contributed by atoms with Crippen molar-refractivity contribution in [1.29, 1.82) is 0 Å². The Morgan fingerprint density at radius 3 is 2.60 bits per heavy atom. The van der Waals surface area contributed by atoms with Gasteiger partial charge in [-0.3, -0.25) is 4.79 Å². The summed E-state index contributed by atoms with van der Waals surface area (Å²) in [6.07, 6.45) is 0. The molecule has 1 aromatic heterocycles. The van der Waals surface area contributed by atoms with E-state index < -0.39 is 5.41 Å². The molecule has 2 aromatic carbocycles. The van der Waals surface area contributed by atoms with Crippen molar-refractivity contribution < 1.29 is 9.53 Å².